The monoisotopic (exact) mass is 551 g/mol. The second-order valence-electron chi connectivity index (χ2n) is 6.80. The van der Waals surface area contributed by atoms with Crippen molar-refractivity contribution in [3.05, 3.63) is 81.7 Å². The predicted octanol–water partition coefficient (Wildman–Crippen LogP) is 8.08. The van der Waals surface area contributed by atoms with Gasteiger partial charge < -0.3 is 10.6 Å². The van der Waals surface area contributed by atoms with Crippen molar-refractivity contribution in [2.75, 3.05) is 25.8 Å². The smallest absolute Gasteiger partial charge is 0.180 e. The number of thiophene rings is 1. The van der Waals surface area contributed by atoms with Gasteiger partial charge in [-0.05, 0) is 54.1 Å². The molecule has 0 amide bonds. The highest BCUT2D eigenvalue weighted by Crippen LogP contribution is 2.37. The Morgan fingerprint density at radius 1 is 1.05 bits per heavy atom. The van der Waals surface area contributed by atoms with Crippen LogP contribution in [0.15, 0.2) is 80.3 Å². The van der Waals surface area contributed by atoms with E-state index in [0.29, 0.717) is 18.0 Å². The van der Waals surface area contributed by atoms with E-state index >= 15 is 0 Å². The van der Waals surface area contributed by atoms with E-state index in [0.717, 1.165) is 40.7 Å². The fourth-order valence-corrected chi connectivity index (χ4v) is 4.82. The lowest BCUT2D eigenvalue weighted by Crippen LogP contribution is -2.39. The molecule has 0 unspecified atom stereocenters. The molecule has 0 fully saturated rings. The summed E-state index contributed by atoms with van der Waals surface area (Å²) in [7, 11) is 2.52. The number of alkyl halides is 1. The number of halogens is 2. The SMILES string of the molecule is CC.CC.CC.CF.CN(CC1=CCCC=C1)C1=N/C(=C(/N)Sc2ccc(F)cc2)N(N)c2sccc21. The number of allylic oxidation sites excluding steroid dienone is 2. The average molecular weight is 552 g/mol. The van der Waals surface area contributed by atoms with Gasteiger partial charge in [-0.15, -0.1) is 11.3 Å². The van der Waals surface area contributed by atoms with Crippen molar-refractivity contribution in [2.45, 2.75) is 59.3 Å². The van der Waals surface area contributed by atoms with Crippen molar-refractivity contribution in [1.82, 2.24) is 4.90 Å². The van der Waals surface area contributed by atoms with Crippen LogP contribution >= 0.6 is 23.1 Å². The zero-order valence-corrected chi connectivity index (χ0v) is 25.0. The van der Waals surface area contributed by atoms with Crippen molar-refractivity contribution in [3.63, 3.8) is 0 Å². The van der Waals surface area contributed by atoms with Crippen LogP contribution in [0.1, 0.15) is 59.9 Å². The molecule has 37 heavy (non-hydrogen) atoms. The Hall–Kier alpha value is -2.62. The number of hydrazine groups is 1. The van der Waals surface area contributed by atoms with E-state index in [1.807, 2.05) is 60.0 Å². The summed E-state index contributed by atoms with van der Waals surface area (Å²) in [6.45, 7) is 12.8. The summed E-state index contributed by atoms with van der Waals surface area (Å²) in [6, 6.07) is 8.22. The van der Waals surface area contributed by atoms with Crippen LogP contribution in [0.2, 0.25) is 0 Å². The van der Waals surface area contributed by atoms with Crippen LogP contribution in [0.25, 0.3) is 0 Å². The molecule has 1 aromatic heterocycles. The summed E-state index contributed by atoms with van der Waals surface area (Å²) in [5.41, 5.74) is 8.63. The molecule has 2 heterocycles. The zero-order valence-electron chi connectivity index (χ0n) is 23.4. The number of aliphatic imine (C=N–C) groups is 1. The average Bonchev–Trinajstić information content (AvgIpc) is 3.46. The molecule has 0 radical (unpaired) electrons. The summed E-state index contributed by atoms with van der Waals surface area (Å²) in [5.74, 6) is 7.39. The standard InChI is InChI=1S/C21H22FN5S2.3C2H6.CH3F/c1-26(13-14-5-3-2-4-6-14)19-17-11-12-28-21(17)27(24)20(25-19)18(23)29-16-9-7-15(22)8-10-16;4*1-2/h3,5-12H,2,4,13,23-24H2,1H3;3*1-2H3;1H3/b20-18+;;;;. The zero-order chi connectivity index (χ0) is 28.4. The summed E-state index contributed by atoms with van der Waals surface area (Å²) >= 11 is 2.86. The number of thioether (sulfide) groups is 1. The second-order valence-corrected chi connectivity index (χ2v) is 8.81. The largest absolute Gasteiger partial charge is 0.390 e. The van der Waals surface area contributed by atoms with E-state index in [2.05, 4.69) is 23.1 Å². The molecule has 1 aliphatic heterocycles. The van der Waals surface area contributed by atoms with E-state index in [4.69, 9.17) is 16.6 Å². The highest BCUT2D eigenvalue weighted by atomic mass is 32.2. The Balaban J connectivity index is 0.00000148. The van der Waals surface area contributed by atoms with Gasteiger partial charge >= 0.3 is 0 Å². The molecule has 0 atom stereocenters. The Morgan fingerprint density at radius 3 is 2.24 bits per heavy atom. The number of hydrogen-bond acceptors (Lipinski definition) is 7. The number of rotatable bonds is 4. The van der Waals surface area contributed by atoms with Crippen molar-refractivity contribution in [3.8, 4) is 0 Å². The maximum absolute atomic E-state index is 13.2. The number of fused-ring (bicyclic) bond motifs is 1. The molecule has 2 aliphatic rings. The van der Waals surface area contributed by atoms with Gasteiger partial charge in [-0.1, -0.05) is 71.5 Å². The van der Waals surface area contributed by atoms with Crippen molar-refractivity contribution >= 4 is 33.9 Å². The minimum Gasteiger partial charge on any atom is -0.390 e. The Labute approximate surface area is 230 Å². The van der Waals surface area contributed by atoms with E-state index in [-0.39, 0.29) is 5.82 Å². The number of benzene rings is 1. The maximum atomic E-state index is 13.2. The first kappa shape index (κ1) is 34.4. The Bertz CT molecular complexity index is 1030. The van der Waals surface area contributed by atoms with Crippen LogP contribution in [-0.4, -0.2) is 31.5 Å². The quantitative estimate of drug-likeness (QED) is 0.297. The van der Waals surface area contributed by atoms with Crippen LogP contribution in [0.4, 0.5) is 13.8 Å². The molecule has 0 spiro atoms. The first-order valence-corrected chi connectivity index (χ1v) is 14.3. The van der Waals surface area contributed by atoms with E-state index < -0.39 is 0 Å². The Morgan fingerprint density at radius 2 is 1.68 bits per heavy atom. The minimum absolute atomic E-state index is 0.282. The van der Waals surface area contributed by atoms with Crippen molar-refractivity contribution < 1.29 is 8.78 Å². The lowest BCUT2D eigenvalue weighted by molar-refractivity contribution is 0.550. The molecule has 9 heteroatoms. The van der Waals surface area contributed by atoms with Crippen LogP contribution in [-0.2, 0) is 0 Å². The fourth-order valence-electron chi connectivity index (χ4n) is 3.24. The van der Waals surface area contributed by atoms with Gasteiger partial charge in [0, 0.05) is 18.5 Å². The van der Waals surface area contributed by atoms with Gasteiger partial charge in [0.05, 0.1) is 12.7 Å². The number of nitrogens with two attached hydrogens (primary N) is 2. The van der Waals surface area contributed by atoms with E-state index in [1.54, 1.807) is 23.5 Å². The molecule has 0 bridgehead atoms. The lowest BCUT2D eigenvalue weighted by atomic mass is 10.1. The van der Waals surface area contributed by atoms with Crippen LogP contribution in [0, 0.1) is 5.82 Å². The highest BCUT2D eigenvalue weighted by Gasteiger charge is 2.28. The third kappa shape index (κ3) is 9.98. The highest BCUT2D eigenvalue weighted by molar-refractivity contribution is 8.03. The Kier molecular flexibility index (Phi) is 18.1. The van der Waals surface area contributed by atoms with Gasteiger partial charge in [-0.3, -0.25) is 4.39 Å². The molecule has 4 rings (SSSR count). The summed E-state index contributed by atoms with van der Waals surface area (Å²) < 4.78 is 22.7. The van der Waals surface area contributed by atoms with Gasteiger partial charge in [-0.25, -0.2) is 20.2 Å². The minimum atomic E-state index is -0.282. The molecule has 5 nitrogen and oxygen atoms in total. The van der Waals surface area contributed by atoms with E-state index in [1.165, 1.54) is 34.5 Å². The van der Waals surface area contributed by atoms with Gasteiger partial charge in [-0.2, -0.15) is 0 Å². The predicted molar refractivity (Wildman–Crippen MR) is 161 cm³/mol. The third-order valence-electron chi connectivity index (χ3n) is 4.66. The van der Waals surface area contributed by atoms with Crippen LogP contribution in [0.3, 0.4) is 0 Å². The molecule has 206 valence electrons. The van der Waals surface area contributed by atoms with Gasteiger partial charge in [0.2, 0.25) is 0 Å². The second kappa shape index (κ2) is 19.5. The molecule has 2 aromatic rings. The molecule has 0 saturated carbocycles. The first-order chi connectivity index (χ1) is 18.0. The van der Waals surface area contributed by atoms with Crippen LogP contribution < -0.4 is 16.6 Å². The fraction of sp³-hybridized carbons (Fsp3) is 0.393. The number of hydrogen-bond donors (Lipinski definition) is 2. The first-order valence-electron chi connectivity index (χ1n) is 12.6. The normalized spacial score (nSPS) is 14.4. The lowest BCUT2D eigenvalue weighted by Gasteiger charge is -2.30. The summed E-state index contributed by atoms with van der Waals surface area (Å²) in [6.07, 6.45) is 8.79. The molecule has 1 aromatic carbocycles. The van der Waals surface area contributed by atoms with Gasteiger partial charge in [0.1, 0.15) is 21.7 Å². The molecular formula is C28H43F2N5S2. The van der Waals surface area contributed by atoms with E-state index in [9.17, 15) is 8.78 Å². The van der Waals surface area contributed by atoms with Crippen molar-refractivity contribution in [2.24, 2.45) is 16.6 Å². The van der Waals surface area contributed by atoms with Crippen LogP contribution in [0.5, 0.6) is 0 Å². The molecule has 4 N–H and O–H groups in total. The van der Waals surface area contributed by atoms with Gasteiger partial charge in [0.25, 0.3) is 0 Å². The number of anilines is 1. The third-order valence-corrected chi connectivity index (χ3v) is 6.48. The summed E-state index contributed by atoms with van der Waals surface area (Å²) in [4.78, 5) is 7.76. The molecular weight excluding hydrogens is 508 g/mol. The van der Waals surface area contributed by atoms with Gasteiger partial charge in [0.15, 0.2) is 5.82 Å². The summed E-state index contributed by atoms with van der Waals surface area (Å²) in [5, 5.41) is 4.89. The number of likely N-dealkylation sites (N-methyl/N-ethyl adjacent to an activating group) is 1. The molecule has 0 saturated heterocycles. The molecule has 1 aliphatic carbocycles. The topological polar surface area (TPSA) is 70.9 Å². The maximum Gasteiger partial charge on any atom is 0.180 e. The van der Waals surface area contributed by atoms with Crippen molar-refractivity contribution in [1.29, 1.82) is 0 Å². The number of amidine groups is 1. The number of nitrogens with zero attached hydrogens (tertiary/aromatic N) is 3.